The van der Waals surface area contributed by atoms with E-state index in [1.165, 1.54) is 12.1 Å². The van der Waals surface area contributed by atoms with Crippen molar-refractivity contribution in [2.75, 3.05) is 0 Å². The van der Waals surface area contributed by atoms with Gasteiger partial charge in [0.05, 0.1) is 0 Å². The smallest absolute Gasteiger partial charge is 0.251 e. The zero-order chi connectivity index (χ0) is 15.4. The van der Waals surface area contributed by atoms with Gasteiger partial charge in [-0.25, -0.2) is 0 Å². The molecule has 3 N–H and O–H groups in total. The third-order valence-corrected chi connectivity index (χ3v) is 3.47. The Kier molecular flexibility index (Phi) is 4.83. The van der Waals surface area contributed by atoms with Crippen LogP contribution in [0.4, 0.5) is 0 Å². The van der Waals surface area contributed by atoms with Crippen LogP contribution in [0, 0.1) is 0 Å². The number of nitrogens with two attached hydrogens (primary N) is 1. The van der Waals surface area contributed by atoms with Gasteiger partial charge in [-0.1, -0.05) is 29.3 Å². The molecule has 4 nitrogen and oxygen atoms in total. The highest BCUT2D eigenvalue weighted by Gasteiger charge is 2.08. The van der Waals surface area contributed by atoms with E-state index in [4.69, 9.17) is 28.9 Å². The van der Waals surface area contributed by atoms with Gasteiger partial charge in [-0.3, -0.25) is 9.59 Å². The fraction of sp³-hybridized carbons (Fsp3) is 0.0667. The minimum Gasteiger partial charge on any atom is -0.366 e. The molecule has 0 aliphatic heterocycles. The molecule has 0 bridgehead atoms. The summed E-state index contributed by atoms with van der Waals surface area (Å²) in [6, 6.07) is 11.2. The minimum absolute atomic E-state index is 0.267. The first kappa shape index (κ1) is 15.4. The Bertz CT molecular complexity index is 685. The SMILES string of the molecule is NC(=O)c1ccc(C(=O)NCc2ccc(Cl)cc2Cl)cc1. The van der Waals surface area contributed by atoms with E-state index in [9.17, 15) is 9.59 Å². The Hall–Kier alpha value is -2.04. The normalized spacial score (nSPS) is 10.2. The van der Waals surface area contributed by atoms with Crippen LogP contribution in [-0.2, 0) is 6.54 Å². The lowest BCUT2D eigenvalue weighted by atomic mass is 10.1. The number of benzene rings is 2. The predicted octanol–water partition coefficient (Wildman–Crippen LogP) is 3.02. The van der Waals surface area contributed by atoms with Gasteiger partial charge in [0.15, 0.2) is 0 Å². The second kappa shape index (κ2) is 6.61. The average molecular weight is 323 g/mol. The Labute approximate surface area is 131 Å². The minimum atomic E-state index is -0.532. The maximum absolute atomic E-state index is 12.0. The van der Waals surface area contributed by atoms with Crippen LogP contribution in [0.5, 0.6) is 0 Å². The molecule has 2 rings (SSSR count). The Balaban J connectivity index is 2.02. The second-order valence-electron chi connectivity index (χ2n) is 4.36. The highest BCUT2D eigenvalue weighted by Crippen LogP contribution is 2.20. The molecule has 21 heavy (non-hydrogen) atoms. The molecular formula is C15H12Cl2N2O2. The quantitative estimate of drug-likeness (QED) is 0.908. The number of halogens is 2. The summed E-state index contributed by atoms with van der Waals surface area (Å²) in [5.74, 6) is -0.799. The van der Waals surface area contributed by atoms with Gasteiger partial charge in [0.1, 0.15) is 0 Å². The molecule has 0 heterocycles. The van der Waals surface area contributed by atoms with Crippen molar-refractivity contribution >= 4 is 35.0 Å². The van der Waals surface area contributed by atoms with Crippen molar-refractivity contribution in [3.05, 3.63) is 69.2 Å². The first-order valence-electron chi connectivity index (χ1n) is 6.09. The zero-order valence-electron chi connectivity index (χ0n) is 10.9. The van der Waals surface area contributed by atoms with E-state index in [2.05, 4.69) is 5.32 Å². The van der Waals surface area contributed by atoms with Gasteiger partial charge in [0.25, 0.3) is 5.91 Å². The van der Waals surface area contributed by atoms with Crippen molar-refractivity contribution < 1.29 is 9.59 Å². The maximum atomic E-state index is 12.0. The summed E-state index contributed by atoms with van der Waals surface area (Å²) < 4.78 is 0. The molecule has 0 aliphatic rings. The van der Waals surface area contributed by atoms with E-state index in [1.54, 1.807) is 30.3 Å². The molecule has 0 fully saturated rings. The summed E-state index contributed by atoms with van der Waals surface area (Å²) in [5, 5.41) is 3.77. The molecule has 2 aromatic carbocycles. The number of amides is 2. The largest absolute Gasteiger partial charge is 0.366 e. The maximum Gasteiger partial charge on any atom is 0.251 e. The summed E-state index contributed by atoms with van der Waals surface area (Å²) >= 11 is 11.8. The molecular weight excluding hydrogens is 311 g/mol. The van der Waals surface area contributed by atoms with Gasteiger partial charge in [0, 0.05) is 27.7 Å². The van der Waals surface area contributed by atoms with Crippen LogP contribution in [0.3, 0.4) is 0 Å². The van der Waals surface area contributed by atoms with Crippen LogP contribution in [0.2, 0.25) is 10.0 Å². The van der Waals surface area contributed by atoms with E-state index in [-0.39, 0.29) is 12.5 Å². The van der Waals surface area contributed by atoms with Crippen LogP contribution in [0.25, 0.3) is 0 Å². The number of nitrogens with one attached hydrogen (secondary N) is 1. The van der Waals surface area contributed by atoms with Crippen molar-refractivity contribution in [2.24, 2.45) is 5.73 Å². The van der Waals surface area contributed by atoms with E-state index >= 15 is 0 Å². The highest BCUT2D eigenvalue weighted by molar-refractivity contribution is 6.35. The first-order valence-corrected chi connectivity index (χ1v) is 6.85. The Morgan fingerprint density at radius 1 is 1.00 bits per heavy atom. The van der Waals surface area contributed by atoms with Crippen LogP contribution in [-0.4, -0.2) is 11.8 Å². The van der Waals surface area contributed by atoms with Gasteiger partial charge in [-0.05, 0) is 42.0 Å². The molecule has 2 amide bonds. The van der Waals surface area contributed by atoms with E-state index in [0.29, 0.717) is 21.2 Å². The van der Waals surface area contributed by atoms with Gasteiger partial charge >= 0.3 is 0 Å². The van der Waals surface area contributed by atoms with E-state index in [0.717, 1.165) is 5.56 Å². The number of carbonyl (C=O) groups is 2. The fourth-order valence-corrected chi connectivity index (χ4v) is 2.20. The molecule has 2 aromatic rings. The molecule has 0 aliphatic carbocycles. The fourth-order valence-electron chi connectivity index (χ4n) is 1.73. The molecule has 108 valence electrons. The number of hydrogen-bond acceptors (Lipinski definition) is 2. The number of primary amides is 1. The Morgan fingerprint density at radius 3 is 2.19 bits per heavy atom. The lowest BCUT2D eigenvalue weighted by Gasteiger charge is -2.07. The van der Waals surface area contributed by atoms with Crippen molar-refractivity contribution in [3.8, 4) is 0 Å². The number of carbonyl (C=O) groups excluding carboxylic acids is 2. The summed E-state index contributed by atoms with van der Waals surface area (Å²) in [6.07, 6.45) is 0. The monoisotopic (exact) mass is 322 g/mol. The standard InChI is InChI=1S/C15H12Cl2N2O2/c16-12-6-5-11(13(17)7-12)8-19-15(21)10-3-1-9(2-4-10)14(18)20/h1-7H,8H2,(H2,18,20)(H,19,21). The van der Waals surface area contributed by atoms with Crippen LogP contribution < -0.4 is 11.1 Å². The average Bonchev–Trinajstić information content (AvgIpc) is 2.46. The lowest BCUT2D eigenvalue weighted by Crippen LogP contribution is -2.23. The van der Waals surface area contributed by atoms with E-state index in [1.807, 2.05) is 0 Å². The van der Waals surface area contributed by atoms with Crippen molar-refractivity contribution in [3.63, 3.8) is 0 Å². The molecule has 0 atom stereocenters. The van der Waals surface area contributed by atoms with Gasteiger partial charge in [-0.2, -0.15) is 0 Å². The van der Waals surface area contributed by atoms with Gasteiger partial charge < -0.3 is 11.1 Å². The van der Waals surface area contributed by atoms with Crippen molar-refractivity contribution in [2.45, 2.75) is 6.54 Å². The number of rotatable bonds is 4. The van der Waals surface area contributed by atoms with Gasteiger partial charge in [0.2, 0.25) is 5.91 Å². The summed E-state index contributed by atoms with van der Waals surface area (Å²) in [7, 11) is 0. The molecule has 0 spiro atoms. The molecule has 0 saturated carbocycles. The van der Waals surface area contributed by atoms with Crippen LogP contribution >= 0.6 is 23.2 Å². The lowest BCUT2D eigenvalue weighted by molar-refractivity contribution is 0.0948. The molecule has 0 aromatic heterocycles. The first-order chi connectivity index (χ1) is 9.97. The third-order valence-electron chi connectivity index (χ3n) is 2.89. The summed E-state index contributed by atoms with van der Waals surface area (Å²) in [4.78, 5) is 22.9. The van der Waals surface area contributed by atoms with Crippen LogP contribution in [0.1, 0.15) is 26.3 Å². The second-order valence-corrected chi connectivity index (χ2v) is 5.20. The molecule has 6 heteroatoms. The highest BCUT2D eigenvalue weighted by atomic mass is 35.5. The topological polar surface area (TPSA) is 72.2 Å². The number of hydrogen-bond donors (Lipinski definition) is 2. The predicted molar refractivity (Wildman–Crippen MR) is 82.6 cm³/mol. The van der Waals surface area contributed by atoms with Crippen molar-refractivity contribution in [1.82, 2.24) is 5.32 Å². The molecule has 0 unspecified atom stereocenters. The zero-order valence-corrected chi connectivity index (χ0v) is 12.4. The Morgan fingerprint density at radius 2 is 1.62 bits per heavy atom. The van der Waals surface area contributed by atoms with Gasteiger partial charge in [-0.15, -0.1) is 0 Å². The van der Waals surface area contributed by atoms with Crippen molar-refractivity contribution in [1.29, 1.82) is 0 Å². The molecule has 0 radical (unpaired) electrons. The van der Waals surface area contributed by atoms with Crippen LogP contribution in [0.15, 0.2) is 42.5 Å². The summed E-state index contributed by atoms with van der Waals surface area (Å²) in [5.41, 5.74) is 6.69. The molecule has 0 saturated heterocycles. The summed E-state index contributed by atoms with van der Waals surface area (Å²) in [6.45, 7) is 0.284. The van der Waals surface area contributed by atoms with E-state index < -0.39 is 5.91 Å². The third kappa shape index (κ3) is 3.97.